The third-order valence-electron chi connectivity index (χ3n) is 5.05. The molecule has 0 saturated carbocycles. The maximum Gasteiger partial charge on any atom is 0.416 e. The van der Waals surface area contributed by atoms with Crippen molar-refractivity contribution in [1.82, 2.24) is 4.98 Å². The van der Waals surface area contributed by atoms with Gasteiger partial charge >= 0.3 is 6.18 Å². The Morgan fingerprint density at radius 2 is 1.77 bits per heavy atom. The Morgan fingerprint density at radius 3 is 2.45 bits per heavy atom. The average molecular weight is 447 g/mol. The number of nitrogens with one attached hydrogen (secondary N) is 1. The van der Waals surface area contributed by atoms with E-state index < -0.39 is 11.7 Å². The highest BCUT2D eigenvalue weighted by molar-refractivity contribution is 7.09. The van der Waals surface area contributed by atoms with Crippen molar-refractivity contribution in [3.05, 3.63) is 70.2 Å². The molecular formula is C24H25F3N2OS. The van der Waals surface area contributed by atoms with E-state index in [1.54, 1.807) is 35.7 Å². The molecule has 1 amide bonds. The van der Waals surface area contributed by atoms with Crippen LogP contribution in [0, 0.1) is 0 Å². The molecule has 3 nitrogen and oxygen atoms in total. The molecular weight excluding hydrogens is 421 g/mol. The number of benzene rings is 2. The molecule has 7 heteroatoms. The molecule has 0 aliphatic carbocycles. The number of amides is 1. The van der Waals surface area contributed by atoms with E-state index >= 15 is 0 Å². The Balaban J connectivity index is 1.84. The van der Waals surface area contributed by atoms with E-state index in [4.69, 9.17) is 0 Å². The van der Waals surface area contributed by atoms with Crippen LogP contribution in [0.15, 0.2) is 53.9 Å². The van der Waals surface area contributed by atoms with Gasteiger partial charge in [0.15, 0.2) is 0 Å². The summed E-state index contributed by atoms with van der Waals surface area (Å²) >= 11 is 1.48. The molecule has 0 fully saturated rings. The topological polar surface area (TPSA) is 42.0 Å². The quantitative estimate of drug-likeness (QED) is 0.384. The minimum absolute atomic E-state index is 0.330. The van der Waals surface area contributed by atoms with Crippen molar-refractivity contribution in [3.63, 3.8) is 0 Å². The highest BCUT2D eigenvalue weighted by Gasteiger charge is 2.30. The molecule has 0 atom stereocenters. The lowest BCUT2D eigenvalue weighted by Crippen LogP contribution is -2.13. The van der Waals surface area contributed by atoms with Gasteiger partial charge < -0.3 is 5.32 Å². The summed E-state index contributed by atoms with van der Waals surface area (Å²) in [7, 11) is 0. The second-order valence-electron chi connectivity index (χ2n) is 7.42. The van der Waals surface area contributed by atoms with Gasteiger partial charge in [-0.05, 0) is 36.6 Å². The summed E-state index contributed by atoms with van der Waals surface area (Å²) in [6.45, 7) is 4.27. The minimum atomic E-state index is -4.43. The SMILES string of the molecule is CCCC(CCC)c1nc(C(=O)Nc2ccccc2-c2cccc(C(F)(F)F)c2)cs1. The summed E-state index contributed by atoms with van der Waals surface area (Å²) < 4.78 is 39.3. The third kappa shape index (κ3) is 5.73. The number of nitrogens with zero attached hydrogens (tertiary/aromatic N) is 1. The summed E-state index contributed by atoms with van der Waals surface area (Å²) in [6, 6.07) is 11.9. The van der Waals surface area contributed by atoms with E-state index in [2.05, 4.69) is 24.1 Å². The molecule has 0 aliphatic rings. The Morgan fingerprint density at radius 1 is 1.06 bits per heavy atom. The highest BCUT2D eigenvalue weighted by Crippen LogP contribution is 2.35. The molecule has 0 unspecified atom stereocenters. The normalized spacial score (nSPS) is 11.7. The molecule has 0 spiro atoms. The van der Waals surface area contributed by atoms with Gasteiger partial charge in [0.2, 0.25) is 0 Å². The van der Waals surface area contributed by atoms with Crippen LogP contribution < -0.4 is 5.32 Å². The maximum absolute atomic E-state index is 13.1. The zero-order chi connectivity index (χ0) is 22.4. The minimum Gasteiger partial charge on any atom is -0.320 e. The number of carbonyl (C=O) groups is 1. The van der Waals surface area contributed by atoms with E-state index in [9.17, 15) is 18.0 Å². The molecule has 2 aromatic carbocycles. The van der Waals surface area contributed by atoms with Crippen LogP contribution >= 0.6 is 11.3 Å². The summed E-state index contributed by atoms with van der Waals surface area (Å²) in [5.74, 6) is -0.0207. The number of rotatable bonds is 8. The van der Waals surface area contributed by atoms with Crippen LogP contribution in [-0.2, 0) is 6.18 Å². The fraction of sp³-hybridized carbons (Fsp3) is 0.333. The van der Waals surface area contributed by atoms with Gasteiger partial charge in [0.25, 0.3) is 5.91 Å². The van der Waals surface area contributed by atoms with Crippen LogP contribution in [-0.4, -0.2) is 10.9 Å². The summed E-state index contributed by atoms with van der Waals surface area (Å²) in [5.41, 5.74) is 0.951. The second-order valence-corrected chi connectivity index (χ2v) is 8.31. The van der Waals surface area contributed by atoms with Crippen molar-refractivity contribution < 1.29 is 18.0 Å². The molecule has 31 heavy (non-hydrogen) atoms. The lowest BCUT2D eigenvalue weighted by Gasteiger charge is -2.13. The van der Waals surface area contributed by atoms with Gasteiger partial charge in [-0.15, -0.1) is 11.3 Å². The fourth-order valence-electron chi connectivity index (χ4n) is 3.56. The molecule has 0 radical (unpaired) electrons. The van der Waals surface area contributed by atoms with Crippen molar-refractivity contribution in [2.24, 2.45) is 0 Å². The summed E-state index contributed by atoms with van der Waals surface area (Å²) in [6.07, 6.45) is -0.271. The Hall–Kier alpha value is -2.67. The number of hydrogen-bond donors (Lipinski definition) is 1. The van der Waals surface area contributed by atoms with E-state index in [1.807, 2.05) is 0 Å². The number of thiazole rings is 1. The van der Waals surface area contributed by atoms with Gasteiger partial charge in [-0.3, -0.25) is 4.79 Å². The molecule has 164 valence electrons. The summed E-state index contributed by atoms with van der Waals surface area (Å²) in [4.78, 5) is 17.4. The van der Waals surface area contributed by atoms with Crippen LogP contribution in [0.3, 0.4) is 0 Å². The molecule has 3 rings (SSSR count). The Kier molecular flexibility index (Phi) is 7.49. The van der Waals surface area contributed by atoms with E-state index in [1.165, 1.54) is 17.4 Å². The number of aromatic nitrogens is 1. The van der Waals surface area contributed by atoms with E-state index in [0.29, 0.717) is 28.4 Å². The predicted octanol–water partition coefficient (Wildman–Crippen LogP) is 7.77. The molecule has 1 aromatic heterocycles. The van der Waals surface area contributed by atoms with Gasteiger partial charge in [-0.2, -0.15) is 13.2 Å². The van der Waals surface area contributed by atoms with Gasteiger partial charge in [0, 0.05) is 22.5 Å². The molecule has 0 bridgehead atoms. The fourth-order valence-corrected chi connectivity index (χ4v) is 4.53. The van der Waals surface area contributed by atoms with Crippen LogP contribution in [0.2, 0.25) is 0 Å². The summed E-state index contributed by atoms with van der Waals surface area (Å²) in [5, 5.41) is 5.53. The Labute approximate surface area is 184 Å². The van der Waals surface area contributed by atoms with Crippen LogP contribution in [0.5, 0.6) is 0 Å². The first-order chi connectivity index (χ1) is 14.8. The van der Waals surface area contributed by atoms with Crippen LogP contribution in [0.25, 0.3) is 11.1 Å². The largest absolute Gasteiger partial charge is 0.416 e. The van der Waals surface area contributed by atoms with Crippen LogP contribution in [0.4, 0.5) is 18.9 Å². The average Bonchev–Trinajstić information content (AvgIpc) is 3.24. The predicted molar refractivity (Wildman–Crippen MR) is 120 cm³/mol. The number of hydrogen-bond acceptors (Lipinski definition) is 3. The third-order valence-corrected chi connectivity index (χ3v) is 6.06. The zero-order valence-electron chi connectivity index (χ0n) is 17.5. The number of alkyl halides is 3. The highest BCUT2D eigenvalue weighted by atomic mass is 32.1. The second kappa shape index (κ2) is 10.1. The number of halogens is 3. The number of carbonyl (C=O) groups excluding carboxylic acids is 1. The van der Waals surface area contributed by atoms with Gasteiger partial charge in [-0.25, -0.2) is 4.98 Å². The van der Waals surface area contributed by atoms with Crippen molar-refractivity contribution in [2.45, 2.75) is 51.6 Å². The molecule has 1 N–H and O–H groups in total. The Bertz CT molecular complexity index is 1020. The van der Waals surface area contributed by atoms with Crippen molar-refractivity contribution >= 4 is 22.9 Å². The first-order valence-electron chi connectivity index (χ1n) is 10.4. The van der Waals surface area contributed by atoms with E-state index in [-0.39, 0.29) is 5.91 Å². The van der Waals surface area contributed by atoms with Crippen LogP contribution in [0.1, 0.15) is 66.5 Å². The monoisotopic (exact) mass is 446 g/mol. The molecule has 0 aliphatic heterocycles. The first kappa shape index (κ1) is 23.0. The van der Waals surface area contributed by atoms with Gasteiger partial charge in [0.05, 0.1) is 10.6 Å². The first-order valence-corrected chi connectivity index (χ1v) is 11.2. The number of anilines is 1. The van der Waals surface area contributed by atoms with Crippen molar-refractivity contribution in [1.29, 1.82) is 0 Å². The molecule has 0 saturated heterocycles. The van der Waals surface area contributed by atoms with Crippen molar-refractivity contribution in [3.8, 4) is 11.1 Å². The van der Waals surface area contributed by atoms with Gasteiger partial charge in [0.1, 0.15) is 5.69 Å². The maximum atomic E-state index is 13.1. The van der Waals surface area contributed by atoms with Crippen molar-refractivity contribution in [2.75, 3.05) is 5.32 Å². The zero-order valence-corrected chi connectivity index (χ0v) is 18.3. The van der Waals surface area contributed by atoms with Gasteiger partial charge in [-0.1, -0.05) is 57.0 Å². The molecule has 3 aromatic rings. The lowest BCUT2D eigenvalue weighted by molar-refractivity contribution is -0.137. The molecule has 1 heterocycles. The standard InChI is InChI=1S/C24H25F3N2OS/c1-3-8-16(9-4-2)23-29-21(15-31-23)22(30)28-20-13-6-5-12-19(20)17-10-7-11-18(14-17)24(25,26)27/h5-7,10-16H,3-4,8-9H2,1-2H3,(H,28,30). The number of para-hydroxylation sites is 1. The smallest absolute Gasteiger partial charge is 0.320 e. The van der Waals surface area contributed by atoms with E-state index in [0.717, 1.165) is 42.8 Å². The lowest BCUT2D eigenvalue weighted by atomic mass is 9.99.